The van der Waals surface area contributed by atoms with Crippen molar-refractivity contribution in [3.8, 4) is 0 Å². The fraction of sp³-hybridized carbons (Fsp3) is 0.250. The number of hydrogen-bond donors (Lipinski definition) is 0. The van der Waals surface area contributed by atoms with Crippen molar-refractivity contribution in [1.29, 1.82) is 0 Å². The number of amidine groups is 1. The molecule has 2 aliphatic rings. The molecular weight excluding hydrogens is 314 g/mol. The first-order valence-electron chi connectivity index (χ1n) is 7.20. The van der Waals surface area contributed by atoms with E-state index in [2.05, 4.69) is 4.40 Å². The van der Waals surface area contributed by atoms with Crippen LogP contribution in [0.3, 0.4) is 0 Å². The van der Waals surface area contributed by atoms with Gasteiger partial charge in [-0.3, -0.25) is 4.79 Å². The Bertz CT molecular complexity index is 836. The number of carbonyl (C=O) groups excluding carboxylic acids is 1. The van der Waals surface area contributed by atoms with Gasteiger partial charge < -0.3 is 9.80 Å². The minimum absolute atomic E-state index is 0.0455. The monoisotopic (exact) mass is 331 g/mol. The highest BCUT2D eigenvalue weighted by molar-refractivity contribution is 7.90. The Morgan fingerprint density at radius 2 is 1.91 bits per heavy atom. The van der Waals surface area contributed by atoms with E-state index in [1.165, 1.54) is 0 Å². The number of carbonyl (C=O) groups is 1. The van der Waals surface area contributed by atoms with Crippen molar-refractivity contribution in [2.75, 3.05) is 24.2 Å². The second-order valence-electron chi connectivity index (χ2n) is 5.55. The molecule has 0 spiro atoms. The third kappa shape index (κ3) is 3.19. The number of nitrogens with zero attached hydrogens (tertiary/aromatic N) is 3. The van der Waals surface area contributed by atoms with Crippen molar-refractivity contribution in [1.82, 2.24) is 4.90 Å². The summed E-state index contributed by atoms with van der Waals surface area (Å²) in [4.78, 5) is 15.9. The van der Waals surface area contributed by atoms with Crippen LogP contribution in [0.25, 0.3) is 0 Å². The lowest BCUT2D eigenvalue weighted by Gasteiger charge is -2.28. The summed E-state index contributed by atoms with van der Waals surface area (Å²) in [6.45, 7) is 2.29. The number of likely N-dealkylation sites (N-methyl/N-ethyl adjacent to an activating group) is 1. The van der Waals surface area contributed by atoms with E-state index in [4.69, 9.17) is 0 Å². The summed E-state index contributed by atoms with van der Waals surface area (Å²) in [5.74, 6) is 0.152. The number of hydrogen-bond acceptors (Lipinski definition) is 4. The molecule has 0 atom stereocenters. The smallest absolute Gasteiger partial charge is 0.259 e. The normalized spacial score (nSPS) is 18.8. The van der Waals surface area contributed by atoms with E-state index in [1.54, 1.807) is 35.2 Å². The third-order valence-corrected chi connectivity index (χ3v) is 4.96. The highest BCUT2D eigenvalue weighted by atomic mass is 32.2. The SMILES string of the molecule is Cc1ccc(N(C)C(=O)C2=CN3CCS(=O)(=O)N=C3C=C2)cc1. The van der Waals surface area contributed by atoms with E-state index in [0.717, 1.165) is 11.3 Å². The Balaban J connectivity index is 1.83. The van der Waals surface area contributed by atoms with Crippen LogP contribution in [0.4, 0.5) is 5.69 Å². The van der Waals surface area contributed by atoms with Crippen molar-refractivity contribution >= 4 is 27.5 Å². The molecule has 7 heteroatoms. The molecule has 1 aromatic rings. The predicted octanol–water partition coefficient (Wildman–Crippen LogP) is 1.46. The van der Waals surface area contributed by atoms with E-state index in [1.807, 2.05) is 31.2 Å². The quantitative estimate of drug-likeness (QED) is 0.822. The van der Waals surface area contributed by atoms with E-state index in [0.29, 0.717) is 18.0 Å². The van der Waals surface area contributed by atoms with Crippen LogP contribution in [0, 0.1) is 6.92 Å². The largest absolute Gasteiger partial charge is 0.330 e. The van der Waals surface area contributed by atoms with E-state index < -0.39 is 10.0 Å². The van der Waals surface area contributed by atoms with Gasteiger partial charge in [-0.25, -0.2) is 8.42 Å². The molecule has 23 heavy (non-hydrogen) atoms. The van der Waals surface area contributed by atoms with Crippen LogP contribution in [-0.4, -0.2) is 44.4 Å². The van der Waals surface area contributed by atoms with Crippen LogP contribution in [0.5, 0.6) is 0 Å². The standard InChI is InChI=1S/C16H17N3O3S/c1-12-3-6-14(7-4-12)18(2)16(20)13-5-8-15-17-23(21,22)10-9-19(15)11-13/h3-8,11H,9-10H2,1-2H3. The number of rotatable bonds is 2. The maximum absolute atomic E-state index is 12.6. The van der Waals surface area contributed by atoms with Crippen LogP contribution in [-0.2, 0) is 14.8 Å². The second kappa shape index (κ2) is 5.66. The molecule has 1 amide bonds. The predicted molar refractivity (Wildman–Crippen MR) is 89.7 cm³/mol. The number of fused-ring (bicyclic) bond motifs is 1. The second-order valence-corrected chi connectivity index (χ2v) is 7.30. The molecule has 120 valence electrons. The van der Waals surface area contributed by atoms with E-state index in [-0.39, 0.29) is 11.7 Å². The van der Waals surface area contributed by atoms with Crippen LogP contribution in [0.1, 0.15) is 5.56 Å². The van der Waals surface area contributed by atoms with Gasteiger partial charge in [-0.1, -0.05) is 17.7 Å². The summed E-state index contributed by atoms with van der Waals surface area (Å²) in [5, 5.41) is 0. The molecule has 0 aliphatic carbocycles. The van der Waals surface area contributed by atoms with Crippen molar-refractivity contribution in [2.24, 2.45) is 4.40 Å². The van der Waals surface area contributed by atoms with Gasteiger partial charge in [0.2, 0.25) is 0 Å². The van der Waals surface area contributed by atoms with Gasteiger partial charge in [-0.05, 0) is 31.2 Å². The topological polar surface area (TPSA) is 70.1 Å². The average molecular weight is 331 g/mol. The molecule has 0 bridgehead atoms. The van der Waals surface area contributed by atoms with Crippen LogP contribution < -0.4 is 4.90 Å². The first kappa shape index (κ1) is 15.5. The molecule has 0 radical (unpaired) electrons. The summed E-state index contributed by atoms with van der Waals surface area (Å²) in [6, 6.07) is 7.68. The maximum Gasteiger partial charge on any atom is 0.259 e. The summed E-state index contributed by atoms with van der Waals surface area (Å²) in [6.07, 6.45) is 4.82. The van der Waals surface area contributed by atoms with E-state index >= 15 is 0 Å². The lowest BCUT2D eigenvalue weighted by Crippen LogP contribution is -2.38. The molecule has 0 aromatic heterocycles. The fourth-order valence-electron chi connectivity index (χ4n) is 2.41. The Morgan fingerprint density at radius 1 is 1.22 bits per heavy atom. The molecule has 0 saturated heterocycles. The van der Waals surface area contributed by atoms with Gasteiger partial charge in [0, 0.05) is 25.5 Å². The number of aryl methyl sites for hydroxylation is 1. The Kier molecular flexibility index (Phi) is 3.81. The summed E-state index contributed by atoms with van der Waals surface area (Å²) in [5.41, 5.74) is 2.42. The highest BCUT2D eigenvalue weighted by Crippen LogP contribution is 2.20. The third-order valence-electron chi connectivity index (χ3n) is 3.80. The van der Waals surface area contributed by atoms with Gasteiger partial charge in [0.1, 0.15) is 5.84 Å². The van der Waals surface area contributed by atoms with Crippen LogP contribution >= 0.6 is 0 Å². The van der Waals surface area contributed by atoms with Gasteiger partial charge in [-0.2, -0.15) is 0 Å². The Hall–Kier alpha value is -2.41. The average Bonchev–Trinajstić information content (AvgIpc) is 2.53. The molecule has 6 nitrogen and oxygen atoms in total. The molecule has 0 saturated carbocycles. The van der Waals surface area contributed by atoms with Gasteiger partial charge in [-0.15, -0.1) is 4.40 Å². The van der Waals surface area contributed by atoms with Gasteiger partial charge in [0.15, 0.2) is 0 Å². The molecular formula is C16H17N3O3S. The van der Waals surface area contributed by atoms with Gasteiger partial charge >= 0.3 is 0 Å². The Morgan fingerprint density at radius 3 is 2.61 bits per heavy atom. The lowest BCUT2D eigenvalue weighted by molar-refractivity contribution is -0.114. The zero-order valence-corrected chi connectivity index (χ0v) is 13.7. The molecule has 0 unspecified atom stereocenters. The minimum atomic E-state index is -3.38. The van der Waals surface area contributed by atoms with Crippen molar-refractivity contribution in [3.63, 3.8) is 0 Å². The minimum Gasteiger partial charge on any atom is -0.330 e. The fourth-order valence-corrected chi connectivity index (χ4v) is 3.38. The first-order chi connectivity index (χ1) is 10.9. The van der Waals surface area contributed by atoms with E-state index in [9.17, 15) is 13.2 Å². The summed E-state index contributed by atoms with van der Waals surface area (Å²) < 4.78 is 26.7. The van der Waals surface area contributed by atoms with Crippen molar-refractivity contribution in [3.05, 3.63) is 53.8 Å². The number of amides is 1. The molecule has 2 aliphatic heterocycles. The zero-order chi connectivity index (χ0) is 16.6. The van der Waals surface area contributed by atoms with Gasteiger partial charge in [0.05, 0.1) is 11.3 Å². The van der Waals surface area contributed by atoms with Crippen LogP contribution in [0.15, 0.2) is 52.6 Å². The molecule has 0 fully saturated rings. The molecule has 2 heterocycles. The lowest BCUT2D eigenvalue weighted by atomic mass is 10.1. The number of benzene rings is 1. The van der Waals surface area contributed by atoms with Gasteiger partial charge in [0.25, 0.3) is 15.9 Å². The summed E-state index contributed by atoms with van der Waals surface area (Å²) in [7, 11) is -1.67. The maximum atomic E-state index is 12.6. The molecule has 0 N–H and O–H groups in total. The van der Waals surface area contributed by atoms with Crippen molar-refractivity contribution < 1.29 is 13.2 Å². The van der Waals surface area contributed by atoms with Crippen LogP contribution in [0.2, 0.25) is 0 Å². The number of anilines is 1. The molecule has 1 aromatic carbocycles. The number of sulfonamides is 1. The first-order valence-corrected chi connectivity index (χ1v) is 8.80. The zero-order valence-electron chi connectivity index (χ0n) is 12.9. The molecule has 3 rings (SSSR count). The van der Waals surface area contributed by atoms with Crippen molar-refractivity contribution in [2.45, 2.75) is 6.92 Å². The Labute approximate surface area is 135 Å². The highest BCUT2D eigenvalue weighted by Gasteiger charge is 2.26. The summed E-state index contributed by atoms with van der Waals surface area (Å²) >= 11 is 0.